The molecule has 1 saturated carbocycles. The van der Waals surface area contributed by atoms with Crippen LogP contribution in [0.2, 0.25) is 0 Å². The SMILES string of the molecule is CCCCCCCCC(=O)C1CC1.O=C=O. The molecule has 0 heterocycles. The Morgan fingerprint density at radius 2 is 1.56 bits per heavy atom. The van der Waals surface area contributed by atoms with Gasteiger partial charge in [-0.3, -0.25) is 4.79 Å². The third-order valence-electron chi connectivity index (χ3n) is 2.81. The van der Waals surface area contributed by atoms with Gasteiger partial charge < -0.3 is 0 Å². The van der Waals surface area contributed by atoms with Gasteiger partial charge in [-0.15, -0.1) is 0 Å². The maximum Gasteiger partial charge on any atom is 0.373 e. The van der Waals surface area contributed by atoms with Crippen molar-refractivity contribution in [2.45, 2.75) is 64.7 Å². The van der Waals surface area contributed by atoms with Gasteiger partial charge in [-0.2, -0.15) is 9.59 Å². The highest BCUT2D eigenvalue weighted by atomic mass is 16.2. The summed E-state index contributed by atoms with van der Waals surface area (Å²) in [5.41, 5.74) is 0. The minimum atomic E-state index is 0.250. The Morgan fingerprint density at radius 3 is 2.06 bits per heavy atom. The first-order valence-electron chi connectivity index (χ1n) is 6.28. The van der Waals surface area contributed by atoms with E-state index in [9.17, 15) is 4.79 Å². The lowest BCUT2D eigenvalue weighted by molar-refractivity contribution is -0.191. The van der Waals surface area contributed by atoms with Crippen LogP contribution in [0.1, 0.15) is 64.7 Å². The Morgan fingerprint density at radius 1 is 1.06 bits per heavy atom. The van der Waals surface area contributed by atoms with Crippen molar-refractivity contribution in [1.29, 1.82) is 0 Å². The molecule has 0 amide bonds. The van der Waals surface area contributed by atoms with E-state index < -0.39 is 0 Å². The fraction of sp³-hybridized carbons (Fsp3) is 0.846. The molecule has 0 bridgehead atoms. The summed E-state index contributed by atoms with van der Waals surface area (Å²) in [6, 6.07) is 0. The van der Waals surface area contributed by atoms with Crippen molar-refractivity contribution < 1.29 is 14.4 Å². The van der Waals surface area contributed by atoms with Crippen molar-refractivity contribution in [3.8, 4) is 0 Å². The maximum atomic E-state index is 11.3. The molecule has 0 radical (unpaired) electrons. The van der Waals surface area contributed by atoms with E-state index in [1.54, 1.807) is 0 Å². The Balaban J connectivity index is 0.000000673. The monoisotopic (exact) mass is 226 g/mol. The molecular formula is C13H22O3. The van der Waals surface area contributed by atoms with Gasteiger partial charge in [0.25, 0.3) is 0 Å². The van der Waals surface area contributed by atoms with Crippen LogP contribution in [-0.4, -0.2) is 11.9 Å². The van der Waals surface area contributed by atoms with Crippen LogP contribution in [0.5, 0.6) is 0 Å². The molecule has 1 fully saturated rings. The van der Waals surface area contributed by atoms with Crippen molar-refractivity contribution in [2.75, 3.05) is 0 Å². The minimum Gasteiger partial charge on any atom is -0.299 e. The molecule has 0 aromatic carbocycles. The highest BCUT2D eigenvalue weighted by Gasteiger charge is 2.28. The molecule has 0 aliphatic heterocycles. The molecule has 0 spiro atoms. The van der Waals surface area contributed by atoms with Crippen molar-refractivity contribution in [3.63, 3.8) is 0 Å². The van der Waals surface area contributed by atoms with Crippen LogP contribution in [0.15, 0.2) is 0 Å². The normalized spacial score (nSPS) is 13.6. The van der Waals surface area contributed by atoms with Gasteiger partial charge in [-0.05, 0) is 19.3 Å². The van der Waals surface area contributed by atoms with Gasteiger partial charge >= 0.3 is 6.15 Å². The average Bonchev–Trinajstić information content (AvgIpc) is 3.07. The fourth-order valence-electron chi connectivity index (χ4n) is 1.69. The number of carbonyl (C=O) groups excluding carboxylic acids is 3. The number of hydrogen-bond donors (Lipinski definition) is 0. The first-order valence-corrected chi connectivity index (χ1v) is 6.28. The van der Waals surface area contributed by atoms with Crippen LogP contribution in [0, 0.1) is 5.92 Å². The Labute approximate surface area is 97.6 Å². The van der Waals surface area contributed by atoms with Gasteiger partial charge in [-0.1, -0.05) is 39.0 Å². The van der Waals surface area contributed by atoms with E-state index in [2.05, 4.69) is 6.92 Å². The highest BCUT2D eigenvalue weighted by Crippen LogP contribution is 2.31. The second kappa shape index (κ2) is 10.6. The van der Waals surface area contributed by atoms with E-state index in [-0.39, 0.29) is 6.15 Å². The Bertz CT molecular complexity index is 213. The first kappa shape index (κ1) is 15.0. The van der Waals surface area contributed by atoms with Crippen molar-refractivity contribution >= 4 is 11.9 Å². The zero-order chi connectivity index (χ0) is 12.2. The van der Waals surface area contributed by atoms with Crippen LogP contribution < -0.4 is 0 Å². The largest absolute Gasteiger partial charge is 0.373 e. The summed E-state index contributed by atoms with van der Waals surface area (Å²) in [7, 11) is 0. The zero-order valence-electron chi connectivity index (χ0n) is 10.2. The summed E-state index contributed by atoms with van der Waals surface area (Å²) in [5.74, 6) is 1.02. The molecule has 0 aromatic heterocycles. The maximum absolute atomic E-state index is 11.3. The lowest BCUT2D eigenvalue weighted by atomic mass is 10.1. The fourth-order valence-corrected chi connectivity index (χ4v) is 1.69. The lowest BCUT2D eigenvalue weighted by Gasteiger charge is -1.99. The van der Waals surface area contributed by atoms with E-state index >= 15 is 0 Å². The van der Waals surface area contributed by atoms with Gasteiger partial charge in [0.15, 0.2) is 0 Å². The van der Waals surface area contributed by atoms with Crippen LogP contribution in [0.4, 0.5) is 0 Å². The summed E-state index contributed by atoms with van der Waals surface area (Å²) in [4.78, 5) is 27.5. The predicted octanol–water partition coefficient (Wildman–Crippen LogP) is 3.13. The van der Waals surface area contributed by atoms with Crippen LogP contribution in [0.3, 0.4) is 0 Å². The molecule has 1 aliphatic carbocycles. The third-order valence-corrected chi connectivity index (χ3v) is 2.81. The van der Waals surface area contributed by atoms with Crippen LogP contribution in [0.25, 0.3) is 0 Å². The van der Waals surface area contributed by atoms with Gasteiger partial charge in [0, 0.05) is 12.3 Å². The van der Waals surface area contributed by atoms with Crippen molar-refractivity contribution in [2.24, 2.45) is 5.92 Å². The summed E-state index contributed by atoms with van der Waals surface area (Å²) in [6.07, 6.45) is 11.2. The smallest absolute Gasteiger partial charge is 0.299 e. The summed E-state index contributed by atoms with van der Waals surface area (Å²) in [6.45, 7) is 2.23. The molecule has 0 saturated heterocycles. The summed E-state index contributed by atoms with van der Waals surface area (Å²) >= 11 is 0. The van der Waals surface area contributed by atoms with E-state index in [1.807, 2.05) is 0 Å². The Kier molecular flexibility index (Phi) is 9.94. The standard InChI is InChI=1S/C12H22O.CO2/c1-2-3-4-5-6-7-8-12(13)11-9-10-11;2-1-3/h11H,2-10H2,1H3;. The quantitative estimate of drug-likeness (QED) is 0.597. The third kappa shape index (κ3) is 9.60. The molecule has 92 valence electrons. The Hall–Kier alpha value is -0.950. The topological polar surface area (TPSA) is 51.2 Å². The summed E-state index contributed by atoms with van der Waals surface area (Å²) < 4.78 is 0. The molecule has 0 atom stereocenters. The number of hydrogen-bond acceptors (Lipinski definition) is 3. The van der Waals surface area contributed by atoms with E-state index in [0.717, 1.165) is 12.8 Å². The second-order valence-corrected chi connectivity index (χ2v) is 4.34. The summed E-state index contributed by atoms with van der Waals surface area (Å²) in [5, 5.41) is 0. The highest BCUT2D eigenvalue weighted by molar-refractivity contribution is 5.82. The predicted molar refractivity (Wildman–Crippen MR) is 60.7 cm³/mol. The molecule has 0 unspecified atom stereocenters. The van der Waals surface area contributed by atoms with Crippen LogP contribution >= 0.6 is 0 Å². The van der Waals surface area contributed by atoms with E-state index in [0.29, 0.717) is 11.7 Å². The molecule has 3 nitrogen and oxygen atoms in total. The number of ketones is 1. The van der Waals surface area contributed by atoms with Crippen LogP contribution in [-0.2, 0) is 14.4 Å². The van der Waals surface area contributed by atoms with E-state index in [1.165, 1.54) is 44.9 Å². The molecular weight excluding hydrogens is 204 g/mol. The number of rotatable bonds is 8. The number of unbranched alkanes of at least 4 members (excludes halogenated alkanes) is 5. The molecule has 1 aliphatic rings. The van der Waals surface area contributed by atoms with Gasteiger partial charge in [0.05, 0.1) is 0 Å². The first-order chi connectivity index (χ1) is 7.76. The second-order valence-electron chi connectivity index (χ2n) is 4.34. The lowest BCUT2D eigenvalue weighted by Crippen LogP contribution is -1.99. The van der Waals surface area contributed by atoms with Gasteiger partial charge in [0.2, 0.25) is 0 Å². The average molecular weight is 226 g/mol. The number of Topliss-reactive ketones (excluding diaryl/α,β-unsaturated/α-hetero) is 1. The molecule has 1 rings (SSSR count). The zero-order valence-corrected chi connectivity index (χ0v) is 10.2. The van der Waals surface area contributed by atoms with Crippen molar-refractivity contribution in [3.05, 3.63) is 0 Å². The number of carbonyl (C=O) groups is 1. The molecule has 0 N–H and O–H groups in total. The molecule has 3 heteroatoms. The minimum absolute atomic E-state index is 0.250. The molecule has 0 aromatic rings. The van der Waals surface area contributed by atoms with Gasteiger partial charge in [0.1, 0.15) is 5.78 Å². The van der Waals surface area contributed by atoms with Crippen molar-refractivity contribution in [1.82, 2.24) is 0 Å². The molecule has 16 heavy (non-hydrogen) atoms. The van der Waals surface area contributed by atoms with Gasteiger partial charge in [-0.25, -0.2) is 0 Å². The van der Waals surface area contributed by atoms with E-state index in [4.69, 9.17) is 9.59 Å².